The molecule has 132 valence electrons. The van der Waals surface area contributed by atoms with Gasteiger partial charge in [0.2, 0.25) is 0 Å². The fourth-order valence-corrected chi connectivity index (χ4v) is 2.62. The van der Waals surface area contributed by atoms with Crippen molar-refractivity contribution in [1.82, 2.24) is 10.2 Å². The number of piperazine rings is 1. The molecule has 1 aromatic rings. The molecule has 1 heterocycles. The van der Waals surface area contributed by atoms with Crippen LogP contribution in [0.3, 0.4) is 0 Å². The van der Waals surface area contributed by atoms with Crippen LogP contribution in [0, 0.1) is 5.82 Å². The predicted molar refractivity (Wildman–Crippen MR) is 87.9 cm³/mol. The first-order chi connectivity index (χ1) is 9.91. The number of halogens is 6. The van der Waals surface area contributed by atoms with Gasteiger partial charge in [-0.05, 0) is 30.2 Å². The van der Waals surface area contributed by atoms with Crippen molar-refractivity contribution in [3.63, 3.8) is 0 Å². The summed E-state index contributed by atoms with van der Waals surface area (Å²) in [6.45, 7) is 6.64. The van der Waals surface area contributed by atoms with Crippen LogP contribution >= 0.6 is 24.8 Å². The van der Waals surface area contributed by atoms with Gasteiger partial charge in [-0.25, -0.2) is 4.39 Å². The van der Waals surface area contributed by atoms with Gasteiger partial charge in [-0.3, -0.25) is 4.90 Å². The van der Waals surface area contributed by atoms with Crippen LogP contribution in [-0.2, 0) is 6.18 Å². The van der Waals surface area contributed by atoms with Crippen LogP contribution in [-0.4, -0.2) is 31.1 Å². The van der Waals surface area contributed by atoms with E-state index in [1.807, 2.05) is 0 Å². The van der Waals surface area contributed by atoms with Crippen LogP contribution in [0.15, 0.2) is 30.9 Å². The lowest BCUT2D eigenvalue weighted by atomic mass is 9.98. The van der Waals surface area contributed by atoms with Gasteiger partial charge < -0.3 is 5.32 Å². The summed E-state index contributed by atoms with van der Waals surface area (Å²) < 4.78 is 52.1. The standard InChI is InChI=1S/C15H18F4N2.2ClH/c1-2-3-14(21-6-4-20-5-7-21)11-8-12(15(17,18)19)10-13(16)9-11;;/h2,8-10,14,20H,1,3-7H2;2*1H/t14-;;/m1../s1. The van der Waals surface area contributed by atoms with Gasteiger partial charge in [0.1, 0.15) is 5.82 Å². The summed E-state index contributed by atoms with van der Waals surface area (Å²) in [5.41, 5.74) is -0.592. The lowest BCUT2D eigenvalue weighted by Crippen LogP contribution is -2.45. The summed E-state index contributed by atoms with van der Waals surface area (Å²) in [5.74, 6) is -0.857. The molecule has 0 saturated carbocycles. The Morgan fingerprint density at radius 2 is 1.78 bits per heavy atom. The molecule has 1 aliphatic heterocycles. The molecule has 1 saturated heterocycles. The van der Waals surface area contributed by atoms with Crippen LogP contribution in [0.25, 0.3) is 0 Å². The Kier molecular flexibility index (Phi) is 9.13. The molecule has 0 amide bonds. The van der Waals surface area contributed by atoms with E-state index in [1.54, 1.807) is 6.08 Å². The molecule has 0 aliphatic carbocycles. The Bertz CT molecular complexity index is 503. The maximum atomic E-state index is 13.6. The molecule has 1 N–H and O–H groups in total. The Labute approximate surface area is 145 Å². The molecule has 0 radical (unpaired) electrons. The smallest absolute Gasteiger partial charge is 0.314 e. The first kappa shape index (κ1) is 22.2. The molecule has 0 unspecified atom stereocenters. The van der Waals surface area contributed by atoms with Crippen molar-refractivity contribution >= 4 is 24.8 Å². The van der Waals surface area contributed by atoms with Gasteiger partial charge in [-0.15, -0.1) is 31.4 Å². The van der Waals surface area contributed by atoms with E-state index in [0.29, 0.717) is 18.1 Å². The third-order valence-corrected chi connectivity index (χ3v) is 3.61. The number of nitrogens with one attached hydrogen (secondary N) is 1. The second kappa shape index (κ2) is 9.47. The number of alkyl halides is 3. The fraction of sp³-hybridized carbons (Fsp3) is 0.467. The van der Waals surface area contributed by atoms with Gasteiger partial charge in [0.25, 0.3) is 0 Å². The highest BCUT2D eigenvalue weighted by atomic mass is 35.5. The summed E-state index contributed by atoms with van der Waals surface area (Å²) in [4.78, 5) is 2.06. The van der Waals surface area contributed by atoms with Crippen molar-refractivity contribution in [1.29, 1.82) is 0 Å². The van der Waals surface area contributed by atoms with Gasteiger partial charge in [0.15, 0.2) is 0 Å². The Morgan fingerprint density at radius 3 is 2.30 bits per heavy atom. The van der Waals surface area contributed by atoms with Crippen molar-refractivity contribution in [2.75, 3.05) is 26.2 Å². The summed E-state index contributed by atoms with van der Waals surface area (Å²) in [6, 6.07) is 2.48. The third-order valence-electron chi connectivity index (χ3n) is 3.61. The van der Waals surface area contributed by atoms with Gasteiger partial charge in [-0.1, -0.05) is 6.08 Å². The van der Waals surface area contributed by atoms with Gasteiger partial charge >= 0.3 is 6.18 Å². The summed E-state index contributed by atoms with van der Waals surface area (Å²) >= 11 is 0. The first-order valence-corrected chi connectivity index (χ1v) is 6.85. The van der Waals surface area contributed by atoms with Crippen molar-refractivity contribution in [3.8, 4) is 0 Å². The molecular weight excluding hydrogens is 355 g/mol. The number of benzene rings is 1. The Morgan fingerprint density at radius 1 is 1.17 bits per heavy atom. The van der Waals surface area contributed by atoms with E-state index in [0.717, 1.165) is 32.2 Å². The van der Waals surface area contributed by atoms with Crippen molar-refractivity contribution in [2.24, 2.45) is 0 Å². The zero-order valence-electron chi connectivity index (χ0n) is 12.4. The highest BCUT2D eigenvalue weighted by Crippen LogP contribution is 2.34. The largest absolute Gasteiger partial charge is 0.416 e. The summed E-state index contributed by atoms with van der Waals surface area (Å²) in [7, 11) is 0. The minimum absolute atomic E-state index is 0. The maximum absolute atomic E-state index is 13.6. The molecule has 2 rings (SSSR count). The fourth-order valence-electron chi connectivity index (χ4n) is 2.62. The number of hydrogen-bond donors (Lipinski definition) is 1. The van der Waals surface area contributed by atoms with Crippen LogP contribution in [0.2, 0.25) is 0 Å². The summed E-state index contributed by atoms with van der Waals surface area (Å²) in [5, 5.41) is 3.19. The molecule has 0 bridgehead atoms. The molecule has 1 aromatic carbocycles. The normalized spacial score (nSPS) is 16.9. The van der Waals surface area contributed by atoms with Crippen molar-refractivity contribution < 1.29 is 17.6 Å². The van der Waals surface area contributed by atoms with E-state index in [1.165, 1.54) is 6.07 Å². The van der Waals surface area contributed by atoms with Crippen LogP contribution in [0.1, 0.15) is 23.6 Å². The van der Waals surface area contributed by atoms with Gasteiger partial charge in [0, 0.05) is 32.2 Å². The van der Waals surface area contributed by atoms with E-state index in [2.05, 4.69) is 16.8 Å². The number of rotatable bonds is 4. The Hall–Kier alpha value is -0.820. The third kappa shape index (κ3) is 5.95. The minimum atomic E-state index is -4.54. The summed E-state index contributed by atoms with van der Waals surface area (Å²) in [6.07, 6.45) is -2.40. The maximum Gasteiger partial charge on any atom is 0.416 e. The lowest BCUT2D eigenvalue weighted by Gasteiger charge is -2.35. The average molecular weight is 375 g/mol. The molecule has 8 heteroatoms. The van der Waals surface area contributed by atoms with Crippen LogP contribution in [0.5, 0.6) is 0 Å². The zero-order chi connectivity index (χ0) is 15.5. The SMILES string of the molecule is C=CC[C@H](c1cc(F)cc(C(F)(F)F)c1)N1CCNCC1.Cl.Cl. The quantitative estimate of drug-likeness (QED) is 0.627. The lowest BCUT2D eigenvalue weighted by molar-refractivity contribution is -0.137. The number of hydrogen-bond acceptors (Lipinski definition) is 2. The molecule has 0 aromatic heterocycles. The van der Waals surface area contributed by atoms with Crippen LogP contribution in [0.4, 0.5) is 17.6 Å². The van der Waals surface area contributed by atoms with E-state index in [9.17, 15) is 17.6 Å². The van der Waals surface area contributed by atoms with Crippen molar-refractivity contribution in [2.45, 2.75) is 18.6 Å². The molecule has 0 spiro atoms. The molecule has 2 nitrogen and oxygen atoms in total. The topological polar surface area (TPSA) is 15.3 Å². The van der Waals surface area contributed by atoms with E-state index in [4.69, 9.17) is 0 Å². The highest BCUT2D eigenvalue weighted by Gasteiger charge is 2.32. The van der Waals surface area contributed by atoms with E-state index in [-0.39, 0.29) is 30.9 Å². The second-order valence-electron chi connectivity index (χ2n) is 5.10. The molecular formula is C15H20Cl2F4N2. The average Bonchev–Trinajstić information content (AvgIpc) is 2.44. The molecule has 1 fully saturated rings. The van der Waals surface area contributed by atoms with Gasteiger partial charge in [0.05, 0.1) is 5.56 Å². The highest BCUT2D eigenvalue weighted by molar-refractivity contribution is 5.85. The van der Waals surface area contributed by atoms with Crippen molar-refractivity contribution in [3.05, 3.63) is 47.8 Å². The van der Waals surface area contributed by atoms with E-state index < -0.39 is 17.6 Å². The Balaban J connectivity index is 0.00000242. The second-order valence-corrected chi connectivity index (χ2v) is 5.10. The number of nitrogens with zero attached hydrogens (tertiary/aromatic N) is 1. The zero-order valence-corrected chi connectivity index (χ0v) is 14.0. The monoisotopic (exact) mass is 374 g/mol. The first-order valence-electron chi connectivity index (χ1n) is 6.85. The van der Waals surface area contributed by atoms with Gasteiger partial charge in [-0.2, -0.15) is 13.2 Å². The molecule has 1 aliphatic rings. The molecule has 23 heavy (non-hydrogen) atoms. The van der Waals surface area contributed by atoms with E-state index >= 15 is 0 Å². The molecule has 1 atom stereocenters. The minimum Gasteiger partial charge on any atom is -0.314 e. The predicted octanol–water partition coefficient (Wildman–Crippen LogP) is 4.21. The van der Waals surface area contributed by atoms with Crippen LogP contribution < -0.4 is 5.32 Å².